The van der Waals surface area contributed by atoms with Crippen molar-refractivity contribution in [2.24, 2.45) is 17.3 Å². The second-order valence-electron chi connectivity index (χ2n) is 8.14. The topological polar surface area (TPSA) is 35.5 Å². The Labute approximate surface area is 126 Å². The minimum atomic E-state index is -0.153. The van der Waals surface area contributed by atoms with Crippen molar-refractivity contribution in [2.45, 2.75) is 66.5 Å². The molecular weight excluding hydrogens is 248 g/mol. The summed E-state index contributed by atoms with van der Waals surface area (Å²) in [6, 6.07) is 0.576. The van der Waals surface area contributed by atoms with Crippen molar-refractivity contribution >= 4 is 0 Å². The van der Waals surface area contributed by atoms with Gasteiger partial charge in [-0.2, -0.15) is 0 Å². The van der Waals surface area contributed by atoms with Crippen LogP contribution in [0.3, 0.4) is 0 Å². The molecule has 0 aliphatic carbocycles. The first-order valence-corrected chi connectivity index (χ1v) is 8.35. The molecule has 3 nitrogen and oxygen atoms in total. The molecule has 1 heterocycles. The van der Waals surface area contributed by atoms with Gasteiger partial charge in [0, 0.05) is 25.7 Å². The molecule has 0 saturated carbocycles. The van der Waals surface area contributed by atoms with Crippen LogP contribution < -0.4 is 5.32 Å². The predicted octanol–water partition coefficient (Wildman–Crippen LogP) is 2.74. The van der Waals surface area contributed by atoms with Gasteiger partial charge in [0.05, 0.1) is 6.10 Å². The lowest BCUT2D eigenvalue weighted by Crippen LogP contribution is -2.51. The van der Waals surface area contributed by atoms with Crippen LogP contribution in [-0.2, 0) is 0 Å². The maximum atomic E-state index is 10.1. The van der Waals surface area contributed by atoms with Gasteiger partial charge in [0.25, 0.3) is 0 Å². The average Bonchev–Trinajstić information content (AvgIpc) is 2.35. The van der Waals surface area contributed by atoms with Crippen molar-refractivity contribution < 1.29 is 5.11 Å². The fourth-order valence-corrected chi connectivity index (χ4v) is 2.94. The average molecular weight is 284 g/mol. The Bertz CT molecular complexity index is 273. The van der Waals surface area contributed by atoms with Crippen LogP contribution in [0.2, 0.25) is 0 Å². The molecule has 0 amide bonds. The van der Waals surface area contributed by atoms with Gasteiger partial charge < -0.3 is 15.3 Å². The molecule has 120 valence electrons. The Morgan fingerprint density at radius 2 is 1.90 bits per heavy atom. The van der Waals surface area contributed by atoms with E-state index < -0.39 is 0 Å². The zero-order valence-electron chi connectivity index (χ0n) is 14.4. The summed E-state index contributed by atoms with van der Waals surface area (Å²) in [6.45, 7) is 17.8. The summed E-state index contributed by atoms with van der Waals surface area (Å²) >= 11 is 0. The minimum Gasteiger partial charge on any atom is -0.393 e. The Balaban J connectivity index is 2.51. The number of likely N-dealkylation sites (N-methyl/N-ethyl adjacent to an activating group) is 1. The first-order valence-electron chi connectivity index (χ1n) is 8.35. The number of rotatable bonds is 6. The Morgan fingerprint density at radius 3 is 2.40 bits per heavy atom. The summed E-state index contributed by atoms with van der Waals surface area (Å²) in [4.78, 5) is 2.53. The lowest BCUT2D eigenvalue weighted by molar-refractivity contribution is 0.0620. The first-order chi connectivity index (χ1) is 9.21. The SMILES string of the molecule is CCN1CC(CC(O)C(C)C)CC(NCC(C)(C)C)C1. The Hall–Kier alpha value is -0.120. The largest absolute Gasteiger partial charge is 0.393 e. The number of hydrogen-bond donors (Lipinski definition) is 2. The van der Waals surface area contributed by atoms with Crippen LogP contribution in [-0.4, -0.2) is 48.3 Å². The van der Waals surface area contributed by atoms with Crippen LogP contribution in [0.4, 0.5) is 0 Å². The maximum absolute atomic E-state index is 10.1. The maximum Gasteiger partial charge on any atom is 0.0566 e. The van der Waals surface area contributed by atoms with Crippen LogP contribution in [0.1, 0.15) is 54.4 Å². The molecule has 2 N–H and O–H groups in total. The molecule has 1 aliphatic rings. The molecule has 1 fully saturated rings. The van der Waals surface area contributed by atoms with Crippen LogP contribution in [0.15, 0.2) is 0 Å². The molecule has 0 aromatic heterocycles. The van der Waals surface area contributed by atoms with E-state index >= 15 is 0 Å². The van der Waals surface area contributed by atoms with Crippen LogP contribution in [0, 0.1) is 17.3 Å². The highest BCUT2D eigenvalue weighted by Gasteiger charge is 2.29. The lowest BCUT2D eigenvalue weighted by atomic mass is 9.86. The van der Waals surface area contributed by atoms with Crippen molar-refractivity contribution in [3.8, 4) is 0 Å². The summed E-state index contributed by atoms with van der Waals surface area (Å²) in [6.07, 6.45) is 2.00. The fraction of sp³-hybridized carbons (Fsp3) is 1.00. The highest BCUT2D eigenvalue weighted by Crippen LogP contribution is 2.24. The molecular formula is C17H36N2O. The molecule has 1 rings (SSSR count). The van der Waals surface area contributed by atoms with E-state index in [1.165, 1.54) is 6.42 Å². The second-order valence-corrected chi connectivity index (χ2v) is 8.14. The van der Waals surface area contributed by atoms with Crippen LogP contribution >= 0.6 is 0 Å². The molecule has 3 unspecified atom stereocenters. The standard InChI is InChI=1S/C17H36N2O/c1-7-19-10-14(9-16(20)13(2)3)8-15(11-19)18-12-17(4,5)6/h13-16,18,20H,7-12H2,1-6H3. The van der Waals surface area contributed by atoms with Crippen molar-refractivity contribution in [3.63, 3.8) is 0 Å². The van der Waals surface area contributed by atoms with E-state index in [2.05, 4.69) is 51.8 Å². The van der Waals surface area contributed by atoms with Crippen molar-refractivity contribution in [3.05, 3.63) is 0 Å². The highest BCUT2D eigenvalue weighted by atomic mass is 16.3. The molecule has 1 aliphatic heterocycles. The molecule has 0 bridgehead atoms. The fourth-order valence-electron chi connectivity index (χ4n) is 2.94. The zero-order chi connectivity index (χ0) is 15.3. The summed E-state index contributed by atoms with van der Waals surface area (Å²) in [7, 11) is 0. The van der Waals surface area contributed by atoms with Gasteiger partial charge in [-0.3, -0.25) is 0 Å². The number of piperidine rings is 1. The van der Waals surface area contributed by atoms with Crippen LogP contribution in [0.25, 0.3) is 0 Å². The summed E-state index contributed by atoms with van der Waals surface area (Å²) < 4.78 is 0. The molecule has 0 radical (unpaired) electrons. The third-order valence-electron chi connectivity index (χ3n) is 4.33. The predicted molar refractivity (Wildman–Crippen MR) is 86.9 cm³/mol. The van der Waals surface area contributed by atoms with Gasteiger partial charge in [0.15, 0.2) is 0 Å². The molecule has 0 spiro atoms. The smallest absolute Gasteiger partial charge is 0.0566 e. The molecule has 3 atom stereocenters. The van der Waals surface area contributed by atoms with Gasteiger partial charge in [0.1, 0.15) is 0 Å². The second kappa shape index (κ2) is 7.77. The zero-order valence-corrected chi connectivity index (χ0v) is 14.4. The normalized spacial score (nSPS) is 27.0. The number of nitrogens with zero attached hydrogens (tertiary/aromatic N) is 1. The highest BCUT2D eigenvalue weighted by molar-refractivity contribution is 4.85. The van der Waals surface area contributed by atoms with Gasteiger partial charge in [-0.1, -0.05) is 41.5 Å². The van der Waals surface area contributed by atoms with Crippen molar-refractivity contribution in [1.29, 1.82) is 0 Å². The number of aliphatic hydroxyl groups excluding tert-OH is 1. The number of hydrogen-bond acceptors (Lipinski definition) is 3. The molecule has 0 aromatic rings. The number of aliphatic hydroxyl groups is 1. The summed E-state index contributed by atoms with van der Waals surface area (Å²) in [5.74, 6) is 0.992. The van der Waals surface area contributed by atoms with Gasteiger partial charge in [0.2, 0.25) is 0 Å². The van der Waals surface area contributed by atoms with Crippen LogP contribution in [0.5, 0.6) is 0 Å². The third-order valence-corrected chi connectivity index (χ3v) is 4.33. The Morgan fingerprint density at radius 1 is 1.25 bits per heavy atom. The van der Waals surface area contributed by atoms with Gasteiger partial charge in [-0.05, 0) is 36.6 Å². The van der Waals surface area contributed by atoms with E-state index in [1.807, 2.05) is 0 Å². The van der Waals surface area contributed by atoms with Crippen molar-refractivity contribution in [1.82, 2.24) is 10.2 Å². The molecule has 1 saturated heterocycles. The summed E-state index contributed by atoms with van der Waals surface area (Å²) in [5, 5.41) is 13.9. The lowest BCUT2D eigenvalue weighted by Gasteiger charge is -2.39. The van der Waals surface area contributed by atoms with E-state index in [9.17, 15) is 5.11 Å². The van der Waals surface area contributed by atoms with Gasteiger partial charge >= 0.3 is 0 Å². The third kappa shape index (κ3) is 6.55. The molecule has 0 aromatic carbocycles. The van der Waals surface area contributed by atoms with E-state index in [-0.39, 0.29) is 6.10 Å². The molecule has 20 heavy (non-hydrogen) atoms. The number of likely N-dealkylation sites (tertiary alicyclic amines) is 1. The van der Waals surface area contributed by atoms with E-state index in [4.69, 9.17) is 0 Å². The minimum absolute atomic E-state index is 0.153. The molecule has 3 heteroatoms. The Kier molecular flexibility index (Phi) is 6.96. The number of nitrogens with one attached hydrogen (secondary N) is 1. The van der Waals surface area contributed by atoms with Gasteiger partial charge in [-0.25, -0.2) is 0 Å². The van der Waals surface area contributed by atoms with E-state index in [1.54, 1.807) is 0 Å². The van der Waals surface area contributed by atoms with Gasteiger partial charge in [-0.15, -0.1) is 0 Å². The van der Waals surface area contributed by atoms with Crippen molar-refractivity contribution in [2.75, 3.05) is 26.2 Å². The first kappa shape index (κ1) is 17.9. The quantitative estimate of drug-likeness (QED) is 0.787. The van der Waals surface area contributed by atoms with E-state index in [0.29, 0.717) is 23.3 Å². The monoisotopic (exact) mass is 284 g/mol. The summed E-state index contributed by atoms with van der Waals surface area (Å²) in [5.41, 5.74) is 0.335. The van der Waals surface area contributed by atoms with E-state index in [0.717, 1.165) is 32.6 Å².